The van der Waals surface area contributed by atoms with Gasteiger partial charge in [0.25, 0.3) is 5.91 Å². The van der Waals surface area contributed by atoms with E-state index in [1.54, 1.807) is 26.0 Å². The fraction of sp³-hybridized carbons (Fsp3) is 0.200. The second-order valence-corrected chi connectivity index (χ2v) is 8.72. The van der Waals surface area contributed by atoms with Crippen molar-refractivity contribution in [2.45, 2.75) is 24.0 Å². The molecule has 144 valence electrons. The van der Waals surface area contributed by atoms with E-state index < -0.39 is 27.0 Å². The van der Waals surface area contributed by atoms with Crippen molar-refractivity contribution in [1.82, 2.24) is 19.4 Å². The van der Waals surface area contributed by atoms with E-state index in [1.165, 1.54) is 18.3 Å². The fourth-order valence-electron chi connectivity index (χ4n) is 1.96. The van der Waals surface area contributed by atoms with Gasteiger partial charge in [-0.15, -0.1) is 0 Å². The summed E-state index contributed by atoms with van der Waals surface area (Å²) in [6.07, 6.45) is 1.37. The lowest BCUT2D eigenvalue weighted by Crippen LogP contribution is -2.29. The predicted molar refractivity (Wildman–Crippen MR) is 102 cm³/mol. The number of aromatic nitrogens is 2. The first kappa shape index (κ1) is 20.5. The van der Waals surface area contributed by atoms with Gasteiger partial charge in [-0.3, -0.25) is 14.2 Å². The number of nitrogens with one attached hydrogen (secondary N) is 2. The molecule has 27 heavy (non-hydrogen) atoms. The molecule has 0 fully saturated rings. The van der Waals surface area contributed by atoms with E-state index in [1.807, 2.05) is 0 Å². The molecule has 0 radical (unpaired) electrons. The number of hydrogen-bond donors (Lipinski definition) is 4. The van der Waals surface area contributed by atoms with Gasteiger partial charge in [-0.05, 0) is 26.0 Å². The highest BCUT2D eigenvalue weighted by Gasteiger charge is 2.19. The Morgan fingerprint density at radius 3 is 2.33 bits per heavy atom. The van der Waals surface area contributed by atoms with E-state index in [0.29, 0.717) is 23.4 Å². The molecule has 2 rings (SSSR count). The number of nitrogens with two attached hydrogens (primary N) is 2. The molecule has 0 saturated carbocycles. The molecule has 3 amide bonds. The fourth-order valence-corrected chi connectivity index (χ4v) is 3.36. The van der Waals surface area contributed by atoms with Crippen LogP contribution in [0.1, 0.15) is 24.3 Å². The van der Waals surface area contributed by atoms with Crippen molar-refractivity contribution in [1.29, 1.82) is 0 Å². The number of rotatable bonds is 6. The molecule has 1 aromatic heterocycles. The molecule has 1 heterocycles. The minimum atomic E-state index is -3.39. The minimum Gasteiger partial charge on any atom is -0.382 e. The SMILES string of the molecule is CC(C)S(=O)(=O)c1ccc(-c2cnc(N)c(C(=O)NSNC(N)=O)n2)cc1. The smallest absolute Gasteiger partial charge is 0.323 e. The Morgan fingerprint density at radius 2 is 1.78 bits per heavy atom. The largest absolute Gasteiger partial charge is 0.382 e. The number of benzene rings is 1. The molecule has 0 aliphatic carbocycles. The summed E-state index contributed by atoms with van der Waals surface area (Å²) < 4.78 is 28.8. The maximum absolute atomic E-state index is 12.2. The minimum absolute atomic E-state index is 0.102. The summed E-state index contributed by atoms with van der Waals surface area (Å²) in [5.74, 6) is -0.783. The van der Waals surface area contributed by atoms with E-state index in [-0.39, 0.29) is 16.4 Å². The molecule has 1 aromatic carbocycles. The predicted octanol–water partition coefficient (Wildman–Crippen LogP) is 0.869. The van der Waals surface area contributed by atoms with Crippen LogP contribution in [0.15, 0.2) is 35.4 Å². The molecule has 0 bridgehead atoms. The van der Waals surface area contributed by atoms with Crippen LogP contribution in [0.4, 0.5) is 10.6 Å². The molecule has 0 unspecified atom stereocenters. The molecule has 12 heteroatoms. The number of sulfone groups is 1. The second-order valence-electron chi connectivity index (χ2n) is 5.61. The zero-order valence-electron chi connectivity index (χ0n) is 14.5. The summed E-state index contributed by atoms with van der Waals surface area (Å²) in [5, 5.41) is -0.540. The number of nitrogen functional groups attached to an aromatic ring is 1. The summed E-state index contributed by atoms with van der Waals surface area (Å²) in [4.78, 5) is 31.0. The summed E-state index contributed by atoms with van der Waals surface area (Å²) in [5.41, 5.74) is 11.3. The van der Waals surface area contributed by atoms with Crippen molar-refractivity contribution in [2.75, 3.05) is 5.73 Å². The highest BCUT2D eigenvalue weighted by atomic mass is 32.2. The number of carbonyl (C=O) groups is 2. The third-order valence-corrected chi connectivity index (χ3v) is 6.17. The summed E-state index contributed by atoms with van der Waals surface area (Å²) in [6, 6.07) is 5.25. The van der Waals surface area contributed by atoms with Gasteiger partial charge in [0, 0.05) is 5.56 Å². The Morgan fingerprint density at radius 1 is 1.15 bits per heavy atom. The number of hydrogen-bond acceptors (Lipinski definition) is 8. The molecular weight excluding hydrogens is 392 g/mol. The number of primary amides is 1. The number of anilines is 1. The van der Waals surface area contributed by atoms with Crippen molar-refractivity contribution in [2.24, 2.45) is 5.73 Å². The maximum atomic E-state index is 12.2. The molecule has 0 spiro atoms. The highest BCUT2D eigenvalue weighted by Crippen LogP contribution is 2.22. The quantitative estimate of drug-likeness (QED) is 0.508. The van der Waals surface area contributed by atoms with Crippen LogP contribution >= 0.6 is 12.1 Å². The Labute approximate surface area is 160 Å². The summed E-state index contributed by atoms with van der Waals surface area (Å²) in [7, 11) is -3.39. The van der Waals surface area contributed by atoms with E-state index in [2.05, 4.69) is 19.4 Å². The molecule has 0 saturated heterocycles. The molecule has 0 aliphatic rings. The van der Waals surface area contributed by atoms with Crippen LogP contribution in [0.3, 0.4) is 0 Å². The molecule has 0 atom stereocenters. The Balaban J connectivity index is 2.27. The first-order chi connectivity index (χ1) is 12.6. The number of carbonyl (C=O) groups excluding carboxylic acids is 2. The standard InChI is InChI=1S/C15H18N6O4S2/c1-8(2)27(24,25)10-5-3-9(4-6-10)11-7-18-13(16)12(19-11)14(22)20-26-21-15(17)23/h3-8H,1-2H3,(H2,16,18)(H,20,22)(H3,17,21,23). The highest BCUT2D eigenvalue weighted by molar-refractivity contribution is 7.96. The van der Waals surface area contributed by atoms with Gasteiger partial charge < -0.3 is 11.5 Å². The van der Waals surface area contributed by atoms with Crippen LogP contribution in [-0.2, 0) is 9.84 Å². The summed E-state index contributed by atoms with van der Waals surface area (Å²) in [6.45, 7) is 3.20. The van der Waals surface area contributed by atoms with Gasteiger partial charge in [-0.25, -0.2) is 23.2 Å². The lowest BCUT2D eigenvalue weighted by Gasteiger charge is -2.10. The van der Waals surface area contributed by atoms with Crippen molar-refractivity contribution in [3.63, 3.8) is 0 Å². The van der Waals surface area contributed by atoms with Gasteiger partial charge in [0.1, 0.15) is 0 Å². The second kappa shape index (κ2) is 8.22. The zero-order chi connectivity index (χ0) is 20.2. The third-order valence-electron chi connectivity index (χ3n) is 3.41. The van der Waals surface area contributed by atoms with E-state index in [0.717, 1.165) is 0 Å². The molecular formula is C15H18N6O4S2. The van der Waals surface area contributed by atoms with Gasteiger partial charge in [-0.2, -0.15) is 0 Å². The first-order valence-electron chi connectivity index (χ1n) is 7.61. The molecule has 6 N–H and O–H groups in total. The van der Waals surface area contributed by atoms with Crippen molar-refractivity contribution in [3.8, 4) is 11.3 Å². The average molecular weight is 410 g/mol. The van der Waals surface area contributed by atoms with Crippen LogP contribution < -0.4 is 20.9 Å². The van der Waals surface area contributed by atoms with Gasteiger partial charge in [0.2, 0.25) is 0 Å². The van der Waals surface area contributed by atoms with Crippen LogP contribution in [0.2, 0.25) is 0 Å². The van der Waals surface area contributed by atoms with Crippen LogP contribution in [0, 0.1) is 0 Å². The van der Waals surface area contributed by atoms with Crippen LogP contribution in [0.25, 0.3) is 11.3 Å². The monoisotopic (exact) mass is 410 g/mol. The third kappa shape index (κ3) is 4.86. The van der Waals surface area contributed by atoms with Crippen molar-refractivity contribution >= 4 is 39.7 Å². The van der Waals surface area contributed by atoms with E-state index >= 15 is 0 Å². The van der Waals surface area contributed by atoms with Crippen LogP contribution in [-0.4, -0.2) is 35.6 Å². The Kier molecular flexibility index (Phi) is 6.23. The molecule has 10 nitrogen and oxygen atoms in total. The molecule has 2 aromatic rings. The van der Waals surface area contributed by atoms with Gasteiger partial charge in [0.15, 0.2) is 21.3 Å². The lowest BCUT2D eigenvalue weighted by atomic mass is 10.1. The summed E-state index contributed by atoms with van der Waals surface area (Å²) >= 11 is 0.568. The Hall–Kier alpha value is -2.86. The maximum Gasteiger partial charge on any atom is 0.323 e. The van der Waals surface area contributed by atoms with E-state index in [4.69, 9.17) is 11.5 Å². The van der Waals surface area contributed by atoms with Crippen molar-refractivity contribution in [3.05, 3.63) is 36.2 Å². The van der Waals surface area contributed by atoms with Gasteiger partial charge >= 0.3 is 6.03 Å². The van der Waals surface area contributed by atoms with Crippen LogP contribution in [0.5, 0.6) is 0 Å². The lowest BCUT2D eigenvalue weighted by molar-refractivity contribution is 0.0980. The average Bonchev–Trinajstić information content (AvgIpc) is 2.61. The number of amides is 3. The Bertz CT molecular complexity index is 961. The number of nitrogens with zero attached hydrogens (tertiary/aromatic N) is 2. The van der Waals surface area contributed by atoms with Crippen molar-refractivity contribution < 1.29 is 18.0 Å². The molecule has 0 aliphatic heterocycles. The number of urea groups is 1. The van der Waals surface area contributed by atoms with E-state index in [9.17, 15) is 18.0 Å². The topological polar surface area (TPSA) is 170 Å². The van der Waals surface area contributed by atoms with Gasteiger partial charge in [-0.1, -0.05) is 12.1 Å². The normalized spacial score (nSPS) is 11.2. The zero-order valence-corrected chi connectivity index (χ0v) is 16.1. The van der Waals surface area contributed by atoms with Gasteiger partial charge in [0.05, 0.1) is 34.2 Å². The first-order valence-corrected chi connectivity index (χ1v) is 9.97.